The molecule has 2 aliphatic rings. The summed E-state index contributed by atoms with van der Waals surface area (Å²) in [5.41, 5.74) is 0. The lowest BCUT2D eigenvalue weighted by molar-refractivity contribution is 0.240. The molecule has 14 heavy (non-hydrogen) atoms. The van der Waals surface area contributed by atoms with Gasteiger partial charge in [-0.1, -0.05) is 6.42 Å². The van der Waals surface area contributed by atoms with Crippen LogP contribution in [0.4, 0.5) is 4.79 Å². The number of thioether (sulfide) groups is 1. The van der Waals surface area contributed by atoms with Crippen LogP contribution < -0.4 is 10.6 Å². The second kappa shape index (κ2) is 4.91. The van der Waals surface area contributed by atoms with Gasteiger partial charge in [-0.3, -0.25) is 0 Å². The molecule has 0 spiro atoms. The lowest BCUT2D eigenvalue weighted by Gasteiger charge is -2.21. The monoisotopic (exact) mass is 214 g/mol. The molecule has 0 aromatic rings. The lowest BCUT2D eigenvalue weighted by atomic mass is 10.2. The Morgan fingerprint density at radius 3 is 2.79 bits per heavy atom. The number of urea groups is 1. The fourth-order valence-electron chi connectivity index (χ4n) is 1.64. The summed E-state index contributed by atoms with van der Waals surface area (Å²) in [5.74, 6) is 1.26. The second-order valence-corrected chi connectivity index (χ2v) is 5.53. The first-order valence-electron chi connectivity index (χ1n) is 5.50. The molecular weight excluding hydrogens is 196 g/mol. The predicted octanol–water partition coefficient (Wildman–Crippen LogP) is 1.73. The summed E-state index contributed by atoms with van der Waals surface area (Å²) in [5, 5.41) is 6.53. The van der Waals surface area contributed by atoms with Gasteiger partial charge in [0, 0.05) is 17.8 Å². The zero-order chi connectivity index (χ0) is 9.80. The average Bonchev–Trinajstić information content (AvgIpc) is 3.00. The summed E-state index contributed by atoms with van der Waals surface area (Å²) in [6.07, 6.45) is 6.24. The molecule has 2 rings (SSSR count). The van der Waals surface area contributed by atoms with Gasteiger partial charge in [0.2, 0.25) is 0 Å². The van der Waals surface area contributed by atoms with Crippen LogP contribution in [0.5, 0.6) is 0 Å². The Balaban J connectivity index is 1.57. The van der Waals surface area contributed by atoms with Crippen LogP contribution in [0, 0.1) is 0 Å². The van der Waals surface area contributed by atoms with E-state index in [4.69, 9.17) is 0 Å². The van der Waals surface area contributed by atoms with Gasteiger partial charge in [-0.05, 0) is 31.4 Å². The van der Waals surface area contributed by atoms with Crippen molar-refractivity contribution in [3.8, 4) is 0 Å². The zero-order valence-electron chi connectivity index (χ0n) is 8.42. The molecule has 0 bridgehead atoms. The average molecular weight is 214 g/mol. The summed E-state index contributed by atoms with van der Waals surface area (Å²) in [4.78, 5) is 11.3. The third-order valence-electron chi connectivity index (χ3n) is 2.68. The van der Waals surface area contributed by atoms with Crippen LogP contribution in [0.1, 0.15) is 32.1 Å². The second-order valence-electron chi connectivity index (χ2n) is 4.12. The maximum Gasteiger partial charge on any atom is 0.315 e. The molecule has 1 aliphatic heterocycles. The molecular formula is C10H18N2OS. The SMILES string of the molecule is O=C(NCC1CCCCS1)NC1CC1. The standard InChI is InChI=1S/C10H18N2OS/c13-10(12-8-4-5-8)11-7-9-3-1-2-6-14-9/h8-9H,1-7H2,(H2,11,12,13). The Morgan fingerprint density at radius 2 is 2.14 bits per heavy atom. The van der Waals surface area contributed by atoms with Crippen LogP contribution in [0.3, 0.4) is 0 Å². The number of hydrogen-bond acceptors (Lipinski definition) is 2. The van der Waals surface area contributed by atoms with Crippen LogP contribution in [-0.4, -0.2) is 29.6 Å². The van der Waals surface area contributed by atoms with E-state index >= 15 is 0 Å². The highest BCUT2D eigenvalue weighted by Gasteiger charge is 2.23. The Labute approximate surface area is 89.4 Å². The summed E-state index contributed by atoms with van der Waals surface area (Å²) in [6.45, 7) is 0.837. The molecule has 1 heterocycles. The minimum absolute atomic E-state index is 0.0265. The number of nitrogens with one attached hydrogen (secondary N) is 2. The van der Waals surface area contributed by atoms with Crippen molar-refractivity contribution in [1.29, 1.82) is 0 Å². The highest BCUT2D eigenvalue weighted by atomic mass is 32.2. The molecule has 4 heteroatoms. The van der Waals surface area contributed by atoms with Crippen LogP contribution in [0.2, 0.25) is 0 Å². The topological polar surface area (TPSA) is 41.1 Å². The molecule has 1 saturated heterocycles. The zero-order valence-corrected chi connectivity index (χ0v) is 9.24. The van der Waals surface area contributed by atoms with Crippen LogP contribution >= 0.6 is 11.8 Å². The van der Waals surface area contributed by atoms with Crippen molar-refractivity contribution in [2.45, 2.75) is 43.4 Å². The van der Waals surface area contributed by atoms with E-state index in [1.165, 1.54) is 25.0 Å². The van der Waals surface area contributed by atoms with Crippen LogP contribution in [0.25, 0.3) is 0 Å². The maximum absolute atomic E-state index is 11.3. The van der Waals surface area contributed by atoms with Crippen molar-refractivity contribution in [2.75, 3.05) is 12.3 Å². The van der Waals surface area contributed by atoms with Crippen molar-refractivity contribution in [3.63, 3.8) is 0 Å². The predicted molar refractivity (Wildman–Crippen MR) is 59.7 cm³/mol. The highest BCUT2D eigenvalue weighted by molar-refractivity contribution is 7.99. The van der Waals surface area contributed by atoms with E-state index in [0.29, 0.717) is 11.3 Å². The van der Waals surface area contributed by atoms with Gasteiger partial charge in [-0.25, -0.2) is 4.79 Å². The maximum atomic E-state index is 11.3. The molecule has 2 amide bonds. The fraction of sp³-hybridized carbons (Fsp3) is 0.900. The summed E-state index contributed by atoms with van der Waals surface area (Å²) >= 11 is 2.00. The number of hydrogen-bond donors (Lipinski definition) is 2. The first-order valence-corrected chi connectivity index (χ1v) is 6.55. The molecule has 1 unspecified atom stereocenters. The first-order chi connectivity index (χ1) is 6.84. The van der Waals surface area contributed by atoms with E-state index in [2.05, 4.69) is 10.6 Å². The van der Waals surface area contributed by atoms with Crippen molar-refractivity contribution < 1.29 is 4.79 Å². The number of rotatable bonds is 3. The molecule has 1 aliphatic carbocycles. The Kier molecular flexibility index (Phi) is 3.56. The van der Waals surface area contributed by atoms with Gasteiger partial charge < -0.3 is 10.6 Å². The molecule has 0 radical (unpaired) electrons. The normalized spacial score (nSPS) is 27.0. The van der Waals surface area contributed by atoms with Crippen molar-refractivity contribution in [3.05, 3.63) is 0 Å². The van der Waals surface area contributed by atoms with Crippen LogP contribution in [-0.2, 0) is 0 Å². The van der Waals surface area contributed by atoms with E-state index < -0.39 is 0 Å². The Hall–Kier alpha value is -0.380. The smallest absolute Gasteiger partial charge is 0.315 e. The van der Waals surface area contributed by atoms with E-state index in [0.717, 1.165) is 19.4 Å². The van der Waals surface area contributed by atoms with Gasteiger partial charge >= 0.3 is 6.03 Å². The van der Waals surface area contributed by atoms with Gasteiger partial charge in [-0.2, -0.15) is 11.8 Å². The molecule has 1 saturated carbocycles. The first kappa shape index (κ1) is 10.1. The highest BCUT2D eigenvalue weighted by Crippen LogP contribution is 2.24. The largest absolute Gasteiger partial charge is 0.337 e. The van der Waals surface area contributed by atoms with Gasteiger partial charge in [0.15, 0.2) is 0 Å². The van der Waals surface area contributed by atoms with Crippen molar-refractivity contribution in [2.24, 2.45) is 0 Å². The minimum atomic E-state index is 0.0265. The van der Waals surface area contributed by atoms with Crippen LogP contribution in [0.15, 0.2) is 0 Å². The molecule has 0 aromatic carbocycles. The third kappa shape index (κ3) is 3.40. The molecule has 1 atom stereocenters. The molecule has 3 nitrogen and oxygen atoms in total. The van der Waals surface area contributed by atoms with E-state index in [-0.39, 0.29) is 6.03 Å². The van der Waals surface area contributed by atoms with E-state index in [1.54, 1.807) is 0 Å². The summed E-state index contributed by atoms with van der Waals surface area (Å²) in [7, 11) is 0. The quantitative estimate of drug-likeness (QED) is 0.751. The molecule has 0 aromatic heterocycles. The van der Waals surface area contributed by atoms with E-state index in [1.807, 2.05) is 11.8 Å². The van der Waals surface area contributed by atoms with Gasteiger partial charge in [0.1, 0.15) is 0 Å². The van der Waals surface area contributed by atoms with Gasteiger partial charge in [0.05, 0.1) is 0 Å². The summed E-state index contributed by atoms with van der Waals surface area (Å²) in [6, 6.07) is 0.493. The van der Waals surface area contributed by atoms with Crippen molar-refractivity contribution >= 4 is 17.8 Å². The minimum Gasteiger partial charge on any atom is -0.337 e. The van der Waals surface area contributed by atoms with Crippen molar-refractivity contribution in [1.82, 2.24) is 10.6 Å². The number of carbonyl (C=O) groups excluding carboxylic acids is 1. The van der Waals surface area contributed by atoms with E-state index in [9.17, 15) is 4.79 Å². The van der Waals surface area contributed by atoms with Gasteiger partial charge in [-0.15, -0.1) is 0 Å². The molecule has 2 fully saturated rings. The number of amides is 2. The third-order valence-corrected chi connectivity index (χ3v) is 4.08. The Morgan fingerprint density at radius 1 is 1.29 bits per heavy atom. The summed E-state index contributed by atoms with van der Waals surface area (Å²) < 4.78 is 0. The molecule has 80 valence electrons. The number of carbonyl (C=O) groups is 1. The molecule has 2 N–H and O–H groups in total. The Bertz CT molecular complexity index is 200. The lowest BCUT2D eigenvalue weighted by Crippen LogP contribution is -2.40. The van der Waals surface area contributed by atoms with Gasteiger partial charge in [0.25, 0.3) is 0 Å². The fourth-order valence-corrected chi connectivity index (χ4v) is 2.88.